The number of nitrogens with zero attached hydrogens (tertiary/aromatic N) is 2. The Morgan fingerprint density at radius 1 is 1.24 bits per heavy atom. The van der Waals surface area contributed by atoms with Crippen molar-refractivity contribution in [3.8, 4) is 11.6 Å². The summed E-state index contributed by atoms with van der Waals surface area (Å²) in [7, 11) is 1.64. The van der Waals surface area contributed by atoms with E-state index in [2.05, 4.69) is 9.97 Å². The first-order chi connectivity index (χ1) is 10.0. The lowest BCUT2D eigenvalue weighted by molar-refractivity contribution is 0.288. The quantitative estimate of drug-likeness (QED) is 0.778. The fraction of sp³-hybridized carbons (Fsp3) is 0.375. The molecule has 0 N–H and O–H groups in total. The van der Waals surface area contributed by atoms with Crippen molar-refractivity contribution in [1.29, 1.82) is 0 Å². The van der Waals surface area contributed by atoms with Gasteiger partial charge in [-0.2, -0.15) is 4.98 Å². The van der Waals surface area contributed by atoms with Crippen LogP contribution in [0.1, 0.15) is 36.7 Å². The van der Waals surface area contributed by atoms with Crippen molar-refractivity contribution in [2.75, 3.05) is 7.11 Å². The lowest BCUT2D eigenvalue weighted by Crippen LogP contribution is -2.05. The van der Waals surface area contributed by atoms with Crippen LogP contribution in [-0.2, 0) is 6.61 Å². The molecule has 0 radical (unpaired) electrons. The Morgan fingerprint density at radius 2 is 2.00 bits per heavy atom. The second-order valence-electron chi connectivity index (χ2n) is 5.10. The number of methoxy groups -OCH3 is 1. The largest absolute Gasteiger partial charge is 0.497 e. The maximum atomic E-state index is 6.14. The molecule has 0 unspecified atom stereocenters. The minimum absolute atomic E-state index is 0.197. The summed E-state index contributed by atoms with van der Waals surface area (Å²) in [5.74, 6) is 2.21. The van der Waals surface area contributed by atoms with Crippen LogP contribution in [0.15, 0.2) is 24.3 Å². The van der Waals surface area contributed by atoms with Gasteiger partial charge in [0.25, 0.3) is 0 Å². The van der Waals surface area contributed by atoms with Gasteiger partial charge in [-0.3, -0.25) is 0 Å². The highest BCUT2D eigenvalue weighted by atomic mass is 35.5. The smallest absolute Gasteiger partial charge is 0.221 e. The third-order valence-electron chi connectivity index (χ3n) is 3.09. The number of aromatic nitrogens is 2. The van der Waals surface area contributed by atoms with Gasteiger partial charge in [0.05, 0.1) is 7.11 Å². The van der Waals surface area contributed by atoms with Crippen molar-refractivity contribution in [3.63, 3.8) is 0 Å². The van der Waals surface area contributed by atoms with E-state index < -0.39 is 0 Å². The Bertz CT molecular complexity index is 630. The van der Waals surface area contributed by atoms with E-state index >= 15 is 0 Å². The van der Waals surface area contributed by atoms with Crippen LogP contribution in [0.2, 0.25) is 5.15 Å². The second kappa shape index (κ2) is 6.76. The van der Waals surface area contributed by atoms with Gasteiger partial charge in [0.15, 0.2) is 0 Å². The van der Waals surface area contributed by atoms with E-state index in [0.717, 1.165) is 16.9 Å². The predicted octanol–water partition coefficient (Wildman–Crippen LogP) is 4.15. The van der Waals surface area contributed by atoms with Crippen molar-refractivity contribution in [3.05, 3.63) is 46.4 Å². The van der Waals surface area contributed by atoms with E-state index in [1.165, 1.54) is 0 Å². The molecule has 0 aliphatic heterocycles. The maximum Gasteiger partial charge on any atom is 0.221 e. The van der Waals surface area contributed by atoms with Crippen LogP contribution in [0, 0.1) is 6.92 Å². The average molecular weight is 307 g/mol. The van der Waals surface area contributed by atoms with Crippen molar-refractivity contribution < 1.29 is 9.47 Å². The number of hydrogen-bond donors (Lipinski definition) is 0. The Kier molecular flexibility index (Phi) is 5.02. The SMILES string of the molecule is COc1cccc(COc2nc(C(C)C)nc(Cl)c2C)c1. The summed E-state index contributed by atoms with van der Waals surface area (Å²) < 4.78 is 11.0. The normalized spacial score (nSPS) is 10.8. The zero-order chi connectivity index (χ0) is 15.4. The molecule has 2 rings (SSSR count). The number of halogens is 1. The Labute approximate surface area is 130 Å². The van der Waals surface area contributed by atoms with Crippen LogP contribution in [-0.4, -0.2) is 17.1 Å². The molecule has 0 saturated heterocycles. The highest BCUT2D eigenvalue weighted by Gasteiger charge is 2.13. The van der Waals surface area contributed by atoms with Gasteiger partial charge in [0.1, 0.15) is 23.3 Å². The predicted molar refractivity (Wildman–Crippen MR) is 83.2 cm³/mol. The summed E-state index contributed by atoms with van der Waals surface area (Å²) in [6.07, 6.45) is 0. The van der Waals surface area contributed by atoms with Gasteiger partial charge in [-0.05, 0) is 24.6 Å². The van der Waals surface area contributed by atoms with E-state index in [-0.39, 0.29) is 5.92 Å². The van der Waals surface area contributed by atoms with Gasteiger partial charge in [-0.15, -0.1) is 0 Å². The number of rotatable bonds is 5. The molecule has 0 aliphatic rings. The van der Waals surface area contributed by atoms with Crippen LogP contribution < -0.4 is 9.47 Å². The van der Waals surface area contributed by atoms with E-state index in [0.29, 0.717) is 23.5 Å². The van der Waals surface area contributed by atoms with Crippen molar-refractivity contribution in [2.45, 2.75) is 33.3 Å². The summed E-state index contributed by atoms with van der Waals surface area (Å²) in [4.78, 5) is 8.71. The van der Waals surface area contributed by atoms with Crippen LogP contribution >= 0.6 is 11.6 Å². The topological polar surface area (TPSA) is 44.2 Å². The maximum absolute atomic E-state index is 6.14. The zero-order valence-electron chi connectivity index (χ0n) is 12.7. The first kappa shape index (κ1) is 15.6. The van der Waals surface area contributed by atoms with Crippen molar-refractivity contribution in [2.24, 2.45) is 0 Å². The summed E-state index contributed by atoms with van der Waals surface area (Å²) in [6.45, 7) is 6.30. The molecule has 2 aromatic rings. The first-order valence-electron chi connectivity index (χ1n) is 6.81. The van der Waals surface area contributed by atoms with Gasteiger partial charge in [-0.25, -0.2) is 4.98 Å². The molecular formula is C16H19ClN2O2. The molecule has 112 valence electrons. The third kappa shape index (κ3) is 3.85. The van der Waals surface area contributed by atoms with Crippen molar-refractivity contribution in [1.82, 2.24) is 9.97 Å². The lowest BCUT2D eigenvalue weighted by atomic mass is 10.2. The molecule has 0 bridgehead atoms. The Hall–Kier alpha value is -1.81. The fourth-order valence-electron chi connectivity index (χ4n) is 1.80. The highest BCUT2D eigenvalue weighted by molar-refractivity contribution is 6.30. The van der Waals surface area contributed by atoms with E-state index in [1.54, 1.807) is 7.11 Å². The molecule has 0 atom stereocenters. The van der Waals surface area contributed by atoms with E-state index in [4.69, 9.17) is 21.1 Å². The van der Waals surface area contributed by atoms with Crippen LogP contribution in [0.5, 0.6) is 11.6 Å². The lowest BCUT2D eigenvalue weighted by Gasteiger charge is -2.12. The van der Waals surface area contributed by atoms with Gasteiger partial charge in [0.2, 0.25) is 5.88 Å². The minimum atomic E-state index is 0.197. The number of hydrogen-bond acceptors (Lipinski definition) is 4. The summed E-state index contributed by atoms with van der Waals surface area (Å²) in [5, 5.41) is 0.439. The second-order valence-corrected chi connectivity index (χ2v) is 5.46. The minimum Gasteiger partial charge on any atom is -0.497 e. The molecule has 1 aromatic carbocycles. The summed E-state index contributed by atoms with van der Waals surface area (Å²) in [6, 6.07) is 7.73. The standard InChI is InChI=1S/C16H19ClN2O2/c1-10(2)15-18-14(17)11(3)16(19-15)21-9-12-6-5-7-13(8-12)20-4/h5-8,10H,9H2,1-4H3. The van der Waals surface area contributed by atoms with Crippen molar-refractivity contribution >= 4 is 11.6 Å². The van der Waals surface area contributed by atoms with Gasteiger partial charge >= 0.3 is 0 Å². The van der Waals surface area contributed by atoms with Crippen LogP contribution in [0.25, 0.3) is 0 Å². The van der Waals surface area contributed by atoms with Crippen LogP contribution in [0.3, 0.4) is 0 Å². The fourth-order valence-corrected chi connectivity index (χ4v) is 1.97. The third-order valence-corrected chi connectivity index (χ3v) is 3.45. The Morgan fingerprint density at radius 3 is 2.67 bits per heavy atom. The van der Waals surface area contributed by atoms with Gasteiger partial charge in [0, 0.05) is 11.5 Å². The molecule has 1 aromatic heterocycles. The molecule has 0 spiro atoms. The summed E-state index contributed by atoms with van der Waals surface area (Å²) >= 11 is 6.14. The van der Waals surface area contributed by atoms with E-state index in [1.807, 2.05) is 45.0 Å². The number of ether oxygens (including phenoxy) is 2. The van der Waals surface area contributed by atoms with Gasteiger partial charge in [-0.1, -0.05) is 37.6 Å². The highest BCUT2D eigenvalue weighted by Crippen LogP contribution is 2.25. The first-order valence-corrected chi connectivity index (χ1v) is 7.18. The summed E-state index contributed by atoms with van der Waals surface area (Å²) in [5.41, 5.74) is 1.76. The van der Waals surface area contributed by atoms with Gasteiger partial charge < -0.3 is 9.47 Å². The monoisotopic (exact) mass is 306 g/mol. The van der Waals surface area contributed by atoms with Crippen LogP contribution in [0.4, 0.5) is 0 Å². The molecule has 0 aliphatic carbocycles. The molecular weight excluding hydrogens is 288 g/mol. The molecule has 0 fully saturated rings. The molecule has 1 heterocycles. The zero-order valence-corrected chi connectivity index (χ0v) is 13.4. The Balaban J connectivity index is 2.19. The molecule has 5 heteroatoms. The molecule has 0 amide bonds. The molecule has 21 heavy (non-hydrogen) atoms. The number of benzene rings is 1. The molecule has 0 saturated carbocycles. The van der Waals surface area contributed by atoms with E-state index in [9.17, 15) is 0 Å². The average Bonchev–Trinajstić information content (AvgIpc) is 2.48. The molecule has 4 nitrogen and oxygen atoms in total.